The number of fused-ring (bicyclic) bond motifs is 1. The third kappa shape index (κ3) is 3.16. The molecule has 25 heavy (non-hydrogen) atoms. The van der Waals surface area contributed by atoms with E-state index in [1.165, 1.54) is 11.6 Å². The molecule has 0 atom stereocenters. The first-order valence-electron chi connectivity index (χ1n) is 7.39. The van der Waals surface area contributed by atoms with E-state index in [2.05, 4.69) is 21.0 Å². The van der Waals surface area contributed by atoms with Crippen LogP contribution in [0.5, 0.6) is 11.5 Å². The third-order valence-corrected chi connectivity index (χ3v) is 4.43. The van der Waals surface area contributed by atoms with Crippen molar-refractivity contribution in [3.8, 4) is 11.5 Å². The molecule has 2 heterocycles. The maximum absolute atomic E-state index is 12.0. The highest BCUT2D eigenvalue weighted by Gasteiger charge is 2.31. The van der Waals surface area contributed by atoms with Gasteiger partial charge in [-0.2, -0.15) is 5.10 Å². The second kappa shape index (κ2) is 6.71. The summed E-state index contributed by atoms with van der Waals surface area (Å²) in [5, 5.41) is 15.4. The topological polar surface area (TPSA) is 106 Å². The van der Waals surface area contributed by atoms with Gasteiger partial charge in [-0.15, -0.1) is 0 Å². The van der Waals surface area contributed by atoms with Crippen LogP contribution in [0.15, 0.2) is 16.6 Å². The number of nitro groups is 1. The van der Waals surface area contributed by atoms with Gasteiger partial charge in [-0.05, 0) is 31.5 Å². The Morgan fingerprint density at radius 1 is 1.44 bits per heavy atom. The Morgan fingerprint density at radius 2 is 2.12 bits per heavy atom. The predicted octanol–water partition coefficient (Wildman–Crippen LogP) is 2.82. The van der Waals surface area contributed by atoms with E-state index in [0.29, 0.717) is 11.5 Å². The van der Waals surface area contributed by atoms with Gasteiger partial charge in [0, 0.05) is 4.47 Å². The molecule has 0 aliphatic carbocycles. The number of hydrogen-bond acceptors (Lipinski definition) is 7. The molecule has 0 bridgehead atoms. The summed E-state index contributed by atoms with van der Waals surface area (Å²) in [5.41, 5.74) is 0.384. The summed E-state index contributed by atoms with van der Waals surface area (Å²) in [5.74, 6) is 0.384. The lowest BCUT2D eigenvalue weighted by atomic mass is 10.2. The third-order valence-electron chi connectivity index (χ3n) is 3.69. The number of benzene rings is 1. The van der Waals surface area contributed by atoms with Crippen molar-refractivity contribution in [3.63, 3.8) is 0 Å². The summed E-state index contributed by atoms with van der Waals surface area (Å²) in [6, 6.07) is 3.53. The lowest BCUT2D eigenvalue weighted by Gasteiger charge is -2.08. The molecule has 1 aliphatic heterocycles. The van der Waals surface area contributed by atoms with Crippen molar-refractivity contribution in [2.45, 2.75) is 20.4 Å². The lowest BCUT2D eigenvalue weighted by Crippen LogP contribution is -2.09. The van der Waals surface area contributed by atoms with Gasteiger partial charge in [0.05, 0.1) is 18.1 Å². The summed E-state index contributed by atoms with van der Waals surface area (Å²) < 4.78 is 17.6. The molecule has 10 heteroatoms. The van der Waals surface area contributed by atoms with E-state index in [1.807, 2.05) is 0 Å². The van der Waals surface area contributed by atoms with E-state index in [-0.39, 0.29) is 37.0 Å². The van der Waals surface area contributed by atoms with Crippen LogP contribution in [-0.2, 0) is 11.3 Å². The van der Waals surface area contributed by atoms with Crippen LogP contribution in [0.3, 0.4) is 0 Å². The van der Waals surface area contributed by atoms with Gasteiger partial charge < -0.3 is 14.2 Å². The molecule has 1 aliphatic rings. The normalized spacial score (nSPS) is 12.3. The second-order valence-corrected chi connectivity index (χ2v) is 6.07. The molecule has 9 nitrogen and oxygen atoms in total. The zero-order valence-electron chi connectivity index (χ0n) is 13.4. The quantitative estimate of drug-likeness (QED) is 0.422. The Balaban J connectivity index is 2.00. The Hall–Kier alpha value is -2.62. The molecular formula is C15H14BrN3O6. The van der Waals surface area contributed by atoms with Crippen molar-refractivity contribution in [2.75, 3.05) is 13.4 Å². The first-order valence-corrected chi connectivity index (χ1v) is 8.18. The molecule has 0 saturated carbocycles. The Morgan fingerprint density at radius 3 is 2.76 bits per heavy atom. The van der Waals surface area contributed by atoms with Crippen molar-refractivity contribution in [1.82, 2.24) is 9.78 Å². The van der Waals surface area contributed by atoms with Crippen LogP contribution in [0, 0.1) is 17.0 Å². The van der Waals surface area contributed by atoms with Crippen LogP contribution in [0.2, 0.25) is 0 Å². The highest BCUT2D eigenvalue weighted by Crippen LogP contribution is 2.37. The van der Waals surface area contributed by atoms with Gasteiger partial charge in [0.15, 0.2) is 11.5 Å². The van der Waals surface area contributed by atoms with E-state index in [0.717, 1.165) is 10.0 Å². The number of hydrogen-bond donors (Lipinski definition) is 0. The lowest BCUT2D eigenvalue weighted by molar-refractivity contribution is -0.385. The minimum atomic E-state index is -0.819. The summed E-state index contributed by atoms with van der Waals surface area (Å²) >= 11 is 3.44. The molecule has 3 rings (SSSR count). The number of aromatic nitrogens is 2. The number of carbonyl (C=O) groups is 1. The van der Waals surface area contributed by atoms with Gasteiger partial charge in [0.25, 0.3) is 0 Å². The van der Waals surface area contributed by atoms with Gasteiger partial charge >= 0.3 is 11.7 Å². The summed E-state index contributed by atoms with van der Waals surface area (Å²) in [7, 11) is 0. The molecule has 0 fully saturated rings. The van der Waals surface area contributed by atoms with Crippen LogP contribution in [0.25, 0.3) is 0 Å². The zero-order valence-corrected chi connectivity index (χ0v) is 15.0. The fourth-order valence-electron chi connectivity index (χ4n) is 2.49. The molecule has 132 valence electrons. The van der Waals surface area contributed by atoms with E-state index in [1.54, 1.807) is 19.1 Å². The number of ether oxygens (including phenoxy) is 3. The summed E-state index contributed by atoms with van der Waals surface area (Å²) in [4.78, 5) is 22.7. The number of esters is 1. The van der Waals surface area contributed by atoms with E-state index in [9.17, 15) is 14.9 Å². The van der Waals surface area contributed by atoms with Crippen LogP contribution in [-0.4, -0.2) is 34.1 Å². The van der Waals surface area contributed by atoms with Gasteiger partial charge in [-0.1, -0.05) is 15.9 Å². The maximum Gasteiger partial charge on any atom is 0.366 e. The van der Waals surface area contributed by atoms with Crippen LogP contribution < -0.4 is 9.47 Å². The predicted molar refractivity (Wildman–Crippen MR) is 88.9 cm³/mol. The van der Waals surface area contributed by atoms with Crippen molar-refractivity contribution in [3.05, 3.63) is 43.7 Å². The van der Waals surface area contributed by atoms with Gasteiger partial charge in [0.1, 0.15) is 5.69 Å². The molecule has 2 aromatic rings. The molecule has 1 aromatic heterocycles. The van der Waals surface area contributed by atoms with E-state index in [4.69, 9.17) is 14.2 Å². The molecule has 0 N–H and O–H groups in total. The first kappa shape index (κ1) is 17.2. The molecular weight excluding hydrogens is 398 g/mol. The smallest absolute Gasteiger partial charge is 0.366 e. The molecule has 0 unspecified atom stereocenters. The summed E-state index contributed by atoms with van der Waals surface area (Å²) in [6.07, 6.45) is 0. The van der Waals surface area contributed by atoms with Gasteiger partial charge in [-0.25, -0.2) is 4.79 Å². The van der Waals surface area contributed by atoms with Crippen molar-refractivity contribution < 1.29 is 23.9 Å². The zero-order chi connectivity index (χ0) is 18.1. The fourth-order valence-corrected chi connectivity index (χ4v) is 2.94. The average Bonchev–Trinajstić information content (AvgIpc) is 3.12. The summed E-state index contributed by atoms with van der Waals surface area (Å²) in [6.45, 7) is 3.62. The second-order valence-electron chi connectivity index (χ2n) is 5.21. The highest BCUT2D eigenvalue weighted by atomic mass is 79.9. The molecule has 0 saturated heterocycles. The standard InChI is InChI=1S/C15H14BrN3O6/c1-3-23-15(20)13-14(19(21)22)8(2)18(17-13)6-9-4-11-12(5-10(9)16)25-7-24-11/h4-5H,3,6-7H2,1-2H3. The minimum Gasteiger partial charge on any atom is -0.461 e. The van der Waals surface area contributed by atoms with Gasteiger partial charge in [-0.3, -0.25) is 14.8 Å². The van der Waals surface area contributed by atoms with Crippen LogP contribution in [0.1, 0.15) is 28.7 Å². The molecule has 0 radical (unpaired) electrons. The average molecular weight is 412 g/mol. The number of halogens is 1. The van der Waals surface area contributed by atoms with E-state index >= 15 is 0 Å². The monoisotopic (exact) mass is 411 g/mol. The number of carbonyl (C=O) groups excluding carboxylic acids is 1. The first-order chi connectivity index (χ1) is 11.9. The minimum absolute atomic E-state index is 0.107. The Labute approximate surface area is 150 Å². The van der Waals surface area contributed by atoms with Crippen molar-refractivity contribution in [1.29, 1.82) is 0 Å². The SMILES string of the molecule is CCOC(=O)c1nn(Cc2cc3c(cc2Br)OCO3)c(C)c1[N+](=O)[O-]. The van der Waals surface area contributed by atoms with Crippen LogP contribution >= 0.6 is 15.9 Å². The Bertz CT molecular complexity index is 863. The number of nitrogens with zero attached hydrogens (tertiary/aromatic N) is 3. The van der Waals surface area contributed by atoms with Crippen molar-refractivity contribution >= 4 is 27.6 Å². The largest absolute Gasteiger partial charge is 0.461 e. The highest BCUT2D eigenvalue weighted by molar-refractivity contribution is 9.10. The van der Waals surface area contributed by atoms with Crippen LogP contribution in [0.4, 0.5) is 5.69 Å². The number of rotatable bonds is 5. The molecule has 0 amide bonds. The molecule has 1 aromatic carbocycles. The van der Waals surface area contributed by atoms with Gasteiger partial charge in [0.2, 0.25) is 12.5 Å². The van der Waals surface area contributed by atoms with E-state index < -0.39 is 10.9 Å². The van der Waals surface area contributed by atoms with Crippen molar-refractivity contribution in [2.24, 2.45) is 0 Å². The Kier molecular flexibility index (Phi) is 4.62. The maximum atomic E-state index is 12.0. The molecule has 0 spiro atoms. The fraction of sp³-hybridized carbons (Fsp3) is 0.333.